The van der Waals surface area contributed by atoms with Crippen LogP contribution in [-0.2, 0) is 13.5 Å². The molecule has 18 heavy (non-hydrogen) atoms. The molecule has 0 spiro atoms. The Bertz CT molecular complexity index is 540. The summed E-state index contributed by atoms with van der Waals surface area (Å²) >= 11 is 1.48. The summed E-state index contributed by atoms with van der Waals surface area (Å²) in [7, 11) is 1.97. The Morgan fingerprint density at radius 2 is 2.39 bits per heavy atom. The first-order valence-electron chi connectivity index (χ1n) is 6.21. The highest BCUT2D eigenvalue weighted by atomic mass is 32.1. The van der Waals surface area contributed by atoms with Crippen LogP contribution in [0.15, 0.2) is 12.3 Å². The van der Waals surface area contributed by atoms with Gasteiger partial charge in [-0.1, -0.05) is 0 Å². The van der Waals surface area contributed by atoms with E-state index in [4.69, 9.17) is 5.73 Å². The SMILES string of the molecule is Cn1nccc1CCNc1snc(N)c1C1CC1. The molecule has 96 valence electrons. The summed E-state index contributed by atoms with van der Waals surface area (Å²) in [6.45, 7) is 0.890. The first-order chi connectivity index (χ1) is 8.75. The summed E-state index contributed by atoms with van der Waals surface area (Å²) in [5.74, 6) is 1.36. The van der Waals surface area contributed by atoms with E-state index in [1.807, 2.05) is 24.0 Å². The van der Waals surface area contributed by atoms with Gasteiger partial charge in [-0.2, -0.15) is 9.47 Å². The Hall–Kier alpha value is -1.56. The van der Waals surface area contributed by atoms with E-state index in [2.05, 4.69) is 14.8 Å². The van der Waals surface area contributed by atoms with Gasteiger partial charge in [0.2, 0.25) is 0 Å². The Labute approximate surface area is 110 Å². The number of aryl methyl sites for hydroxylation is 1. The average molecular weight is 263 g/mol. The number of anilines is 2. The highest BCUT2D eigenvalue weighted by Gasteiger charge is 2.30. The number of nitrogens with one attached hydrogen (secondary N) is 1. The molecule has 0 radical (unpaired) electrons. The lowest BCUT2D eigenvalue weighted by atomic mass is 10.2. The van der Waals surface area contributed by atoms with Gasteiger partial charge >= 0.3 is 0 Å². The van der Waals surface area contributed by atoms with Crippen molar-refractivity contribution in [3.63, 3.8) is 0 Å². The van der Waals surface area contributed by atoms with E-state index in [-0.39, 0.29) is 0 Å². The van der Waals surface area contributed by atoms with E-state index >= 15 is 0 Å². The van der Waals surface area contributed by atoms with E-state index < -0.39 is 0 Å². The summed E-state index contributed by atoms with van der Waals surface area (Å²) in [6, 6.07) is 2.05. The van der Waals surface area contributed by atoms with Gasteiger partial charge < -0.3 is 11.1 Å². The Morgan fingerprint density at radius 1 is 1.56 bits per heavy atom. The second kappa shape index (κ2) is 4.61. The molecular weight excluding hydrogens is 246 g/mol. The molecule has 3 rings (SSSR count). The predicted molar refractivity (Wildman–Crippen MR) is 73.9 cm³/mol. The maximum absolute atomic E-state index is 5.92. The molecule has 0 atom stereocenters. The summed E-state index contributed by atoms with van der Waals surface area (Å²) in [5, 5.41) is 8.77. The molecule has 0 amide bonds. The number of nitrogens with zero attached hydrogens (tertiary/aromatic N) is 3. The standard InChI is InChI=1S/C12H17N5S/c1-17-9(5-7-15-17)4-6-14-12-10(8-2-3-8)11(13)16-18-12/h5,7-8,14H,2-4,6H2,1H3,(H2,13,16). The van der Waals surface area contributed by atoms with Crippen LogP contribution in [0.5, 0.6) is 0 Å². The number of hydrogen-bond donors (Lipinski definition) is 2. The van der Waals surface area contributed by atoms with Gasteiger partial charge in [0.1, 0.15) is 10.8 Å². The molecule has 1 aliphatic carbocycles. The lowest BCUT2D eigenvalue weighted by molar-refractivity contribution is 0.711. The minimum absolute atomic E-state index is 0.642. The minimum atomic E-state index is 0.642. The molecule has 0 aliphatic heterocycles. The Kier molecular flexibility index (Phi) is 2.95. The van der Waals surface area contributed by atoms with Gasteiger partial charge in [-0.15, -0.1) is 0 Å². The fraction of sp³-hybridized carbons (Fsp3) is 0.500. The van der Waals surface area contributed by atoms with Crippen LogP contribution in [0.1, 0.15) is 30.0 Å². The van der Waals surface area contributed by atoms with Gasteiger partial charge in [-0.05, 0) is 36.4 Å². The molecule has 1 fully saturated rings. The summed E-state index contributed by atoms with van der Waals surface area (Å²) in [5.41, 5.74) is 8.39. The highest BCUT2D eigenvalue weighted by Crippen LogP contribution is 2.47. The minimum Gasteiger partial charge on any atom is -0.383 e. The quantitative estimate of drug-likeness (QED) is 0.865. The van der Waals surface area contributed by atoms with Crippen LogP contribution in [0.2, 0.25) is 0 Å². The average Bonchev–Trinajstić information content (AvgIpc) is 3.01. The molecule has 1 aliphatic rings. The largest absolute Gasteiger partial charge is 0.383 e. The molecule has 0 aromatic carbocycles. The van der Waals surface area contributed by atoms with Crippen LogP contribution < -0.4 is 11.1 Å². The highest BCUT2D eigenvalue weighted by molar-refractivity contribution is 7.10. The van der Waals surface area contributed by atoms with Gasteiger partial charge in [0, 0.05) is 37.5 Å². The third kappa shape index (κ3) is 2.20. The number of hydrogen-bond acceptors (Lipinski definition) is 5. The van der Waals surface area contributed by atoms with E-state index in [0.717, 1.165) is 18.0 Å². The van der Waals surface area contributed by atoms with E-state index in [1.165, 1.54) is 35.6 Å². The predicted octanol–water partition coefficient (Wildman–Crippen LogP) is 1.99. The lowest BCUT2D eigenvalue weighted by Crippen LogP contribution is -2.08. The van der Waals surface area contributed by atoms with Crippen LogP contribution in [-0.4, -0.2) is 20.7 Å². The molecule has 0 saturated heterocycles. The molecule has 1 saturated carbocycles. The first kappa shape index (κ1) is 11.5. The zero-order valence-corrected chi connectivity index (χ0v) is 11.2. The van der Waals surface area contributed by atoms with Crippen LogP contribution in [0.3, 0.4) is 0 Å². The van der Waals surface area contributed by atoms with Gasteiger partial charge in [0.25, 0.3) is 0 Å². The normalized spacial score (nSPS) is 14.9. The van der Waals surface area contributed by atoms with Crippen molar-refractivity contribution in [2.45, 2.75) is 25.2 Å². The molecule has 3 N–H and O–H groups in total. The van der Waals surface area contributed by atoms with E-state index in [9.17, 15) is 0 Å². The van der Waals surface area contributed by atoms with Crippen molar-refractivity contribution in [1.29, 1.82) is 0 Å². The topological polar surface area (TPSA) is 68.8 Å². The van der Waals surface area contributed by atoms with Gasteiger partial charge in [-0.3, -0.25) is 4.68 Å². The second-order valence-electron chi connectivity index (χ2n) is 4.71. The fourth-order valence-electron chi connectivity index (χ4n) is 2.15. The van der Waals surface area contributed by atoms with Gasteiger partial charge in [0.05, 0.1) is 0 Å². The van der Waals surface area contributed by atoms with Crippen molar-refractivity contribution in [3.05, 3.63) is 23.5 Å². The lowest BCUT2D eigenvalue weighted by Gasteiger charge is -2.06. The fourth-order valence-corrected chi connectivity index (χ4v) is 2.98. The van der Waals surface area contributed by atoms with Gasteiger partial charge in [-0.25, -0.2) is 0 Å². The van der Waals surface area contributed by atoms with Crippen molar-refractivity contribution in [2.24, 2.45) is 7.05 Å². The molecule has 2 aromatic heterocycles. The molecular formula is C12H17N5S. The zero-order chi connectivity index (χ0) is 12.5. The molecule has 0 bridgehead atoms. The van der Waals surface area contributed by atoms with Crippen molar-refractivity contribution in [3.8, 4) is 0 Å². The second-order valence-corrected chi connectivity index (χ2v) is 5.48. The summed E-state index contributed by atoms with van der Waals surface area (Å²) < 4.78 is 6.16. The first-order valence-corrected chi connectivity index (χ1v) is 6.99. The molecule has 6 heteroatoms. The third-order valence-corrected chi connectivity index (χ3v) is 4.17. The molecule has 2 heterocycles. The monoisotopic (exact) mass is 263 g/mol. The maximum atomic E-state index is 5.92. The number of nitrogen functional groups attached to an aromatic ring is 1. The van der Waals surface area contributed by atoms with Crippen LogP contribution in [0.25, 0.3) is 0 Å². The Balaban J connectivity index is 1.62. The summed E-state index contributed by atoms with van der Waals surface area (Å²) in [6.07, 6.45) is 5.28. The number of rotatable bonds is 5. The van der Waals surface area contributed by atoms with Crippen molar-refractivity contribution in [1.82, 2.24) is 14.2 Å². The van der Waals surface area contributed by atoms with Crippen LogP contribution in [0.4, 0.5) is 10.8 Å². The molecule has 0 unspecified atom stereocenters. The third-order valence-electron chi connectivity index (χ3n) is 3.33. The smallest absolute Gasteiger partial charge is 0.142 e. The Morgan fingerprint density at radius 3 is 3.06 bits per heavy atom. The molecule has 5 nitrogen and oxygen atoms in total. The maximum Gasteiger partial charge on any atom is 0.142 e. The van der Waals surface area contributed by atoms with Crippen LogP contribution in [0, 0.1) is 0 Å². The number of aromatic nitrogens is 3. The zero-order valence-electron chi connectivity index (χ0n) is 10.4. The van der Waals surface area contributed by atoms with Crippen molar-refractivity contribution in [2.75, 3.05) is 17.6 Å². The summed E-state index contributed by atoms with van der Waals surface area (Å²) in [4.78, 5) is 0. The van der Waals surface area contributed by atoms with E-state index in [0.29, 0.717) is 11.7 Å². The van der Waals surface area contributed by atoms with E-state index in [1.54, 1.807) is 0 Å². The van der Waals surface area contributed by atoms with Crippen molar-refractivity contribution < 1.29 is 0 Å². The van der Waals surface area contributed by atoms with Crippen molar-refractivity contribution >= 4 is 22.4 Å². The van der Waals surface area contributed by atoms with Crippen LogP contribution >= 0.6 is 11.5 Å². The number of nitrogens with two attached hydrogens (primary N) is 1. The van der Waals surface area contributed by atoms with Gasteiger partial charge in [0.15, 0.2) is 0 Å². The molecule has 2 aromatic rings.